The topological polar surface area (TPSA) is 176 Å². The van der Waals surface area contributed by atoms with Gasteiger partial charge in [0.05, 0.1) is 19.0 Å². The molecule has 1 aromatic carbocycles. The molecule has 0 radical (unpaired) electrons. The van der Waals surface area contributed by atoms with Crippen LogP contribution in [-0.4, -0.2) is 81.8 Å². The number of ether oxygens (including phenoxy) is 2. The predicted molar refractivity (Wildman–Crippen MR) is 143 cm³/mol. The van der Waals surface area contributed by atoms with Gasteiger partial charge >= 0.3 is 13.7 Å². The van der Waals surface area contributed by atoms with Crippen LogP contribution in [-0.2, 0) is 23.4 Å². The van der Waals surface area contributed by atoms with Crippen LogP contribution in [0.1, 0.15) is 27.0 Å². The fourth-order valence-electron chi connectivity index (χ4n) is 3.99. The van der Waals surface area contributed by atoms with Gasteiger partial charge in [-0.25, -0.2) is 13.9 Å². The lowest BCUT2D eigenvalue weighted by atomic mass is 10.1. The van der Waals surface area contributed by atoms with E-state index in [-0.39, 0.29) is 17.3 Å². The van der Waals surface area contributed by atoms with Crippen LogP contribution in [0.5, 0.6) is 5.75 Å². The van der Waals surface area contributed by atoms with Crippen molar-refractivity contribution < 1.29 is 37.4 Å². The average molecular weight is 582 g/mol. The van der Waals surface area contributed by atoms with Crippen LogP contribution in [0, 0.1) is 0 Å². The van der Waals surface area contributed by atoms with Crippen molar-refractivity contribution in [3.05, 3.63) is 36.7 Å². The second-order valence-electron chi connectivity index (χ2n) is 9.66. The first-order valence-electron chi connectivity index (χ1n) is 12.5. The number of para-hydroxylation sites is 1. The van der Waals surface area contributed by atoms with Gasteiger partial charge in [0.15, 0.2) is 29.4 Å². The Hall–Kier alpha value is -3.36. The summed E-state index contributed by atoms with van der Waals surface area (Å²) in [4.78, 5) is 26.6. The molecule has 14 nitrogen and oxygen atoms in total. The van der Waals surface area contributed by atoms with E-state index in [1.54, 1.807) is 63.2 Å². The number of aliphatic hydroxyl groups is 1. The van der Waals surface area contributed by atoms with E-state index in [9.17, 15) is 14.5 Å². The van der Waals surface area contributed by atoms with Crippen LogP contribution in [0.15, 0.2) is 36.7 Å². The highest BCUT2D eigenvalue weighted by molar-refractivity contribution is 7.52. The van der Waals surface area contributed by atoms with Gasteiger partial charge in [0.25, 0.3) is 0 Å². The summed E-state index contributed by atoms with van der Waals surface area (Å²) in [7, 11) is -0.773. The second-order valence-corrected chi connectivity index (χ2v) is 11.4. The summed E-state index contributed by atoms with van der Waals surface area (Å²) in [5.74, 6) is -0.120. The van der Waals surface area contributed by atoms with Crippen molar-refractivity contribution in [2.75, 3.05) is 31.3 Å². The predicted octanol–water partition coefficient (Wildman–Crippen LogP) is 2.20. The van der Waals surface area contributed by atoms with Crippen molar-refractivity contribution >= 4 is 36.6 Å². The smallest absolute Gasteiger partial charge is 0.459 e. The molecule has 1 saturated heterocycles. The largest absolute Gasteiger partial charge is 0.462 e. The molecule has 0 unspecified atom stereocenters. The first-order valence-corrected chi connectivity index (χ1v) is 14.0. The summed E-state index contributed by atoms with van der Waals surface area (Å²) in [5.41, 5.74) is 6.41. The number of halogens is 1. The molecule has 4 N–H and O–H groups in total. The van der Waals surface area contributed by atoms with E-state index in [0.29, 0.717) is 11.3 Å². The minimum absolute atomic E-state index is 0.0537. The van der Waals surface area contributed by atoms with Crippen LogP contribution < -0.4 is 20.2 Å². The molecule has 3 aromatic rings. The Morgan fingerprint density at radius 1 is 1.27 bits per heavy atom. The molecule has 0 aliphatic carbocycles. The molecule has 1 fully saturated rings. The fourth-order valence-corrected chi connectivity index (χ4v) is 5.49. The van der Waals surface area contributed by atoms with E-state index in [0.717, 1.165) is 0 Å². The van der Waals surface area contributed by atoms with Crippen LogP contribution in [0.3, 0.4) is 0 Å². The summed E-state index contributed by atoms with van der Waals surface area (Å²) in [6.07, 6.45) is -5.29. The molecule has 1 aliphatic heterocycles. The van der Waals surface area contributed by atoms with Gasteiger partial charge in [0.2, 0.25) is 5.95 Å². The molecule has 0 bridgehead atoms. The van der Waals surface area contributed by atoms with Crippen molar-refractivity contribution in [2.45, 2.75) is 57.5 Å². The third kappa shape index (κ3) is 6.50. The molecule has 4 rings (SSSR count). The van der Waals surface area contributed by atoms with Gasteiger partial charge in [-0.2, -0.15) is 15.1 Å². The number of hydrogen-bond acceptors (Lipinski definition) is 12. The molecule has 0 spiro atoms. The third-order valence-electron chi connectivity index (χ3n) is 5.85. The Labute approximate surface area is 230 Å². The van der Waals surface area contributed by atoms with Gasteiger partial charge in [0, 0.05) is 14.1 Å². The van der Waals surface area contributed by atoms with Gasteiger partial charge in [-0.05, 0) is 32.9 Å². The van der Waals surface area contributed by atoms with Crippen molar-refractivity contribution in [2.24, 2.45) is 0 Å². The van der Waals surface area contributed by atoms with Crippen molar-refractivity contribution in [3.8, 4) is 5.75 Å². The van der Waals surface area contributed by atoms with Crippen LogP contribution in [0.25, 0.3) is 11.2 Å². The maximum atomic E-state index is 15.3. The number of nitrogens with one attached hydrogen (secondary N) is 1. The number of aromatic nitrogens is 4. The summed E-state index contributed by atoms with van der Waals surface area (Å²) in [6.45, 7) is 4.24. The summed E-state index contributed by atoms with van der Waals surface area (Å²) in [6, 6.07) is 7.06. The maximum absolute atomic E-state index is 15.3. The van der Waals surface area contributed by atoms with E-state index in [1.165, 1.54) is 17.8 Å². The number of carbonyl (C=O) groups is 1. The van der Waals surface area contributed by atoms with E-state index >= 15 is 4.39 Å². The number of esters is 1. The SMILES string of the molecule is CC(C)OC(=O)[C@@H](C)N[P@@](=O)(OC[C@H]1O[C@@H](n2cnc3c(N(C)C)nc(N)nc32)[C@@H](F)[C@@H]1O)Oc1ccccc1. The van der Waals surface area contributed by atoms with E-state index in [4.69, 9.17) is 24.3 Å². The second kappa shape index (κ2) is 12.0. The lowest BCUT2D eigenvalue weighted by molar-refractivity contribution is -0.149. The molecule has 40 heavy (non-hydrogen) atoms. The van der Waals surface area contributed by atoms with E-state index in [2.05, 4.69) is 20.0 Å². The van der Waals surface area contributed by atoms with Crippen LogP contribution in [0.4, 0.5) is 16.2 Å². The van der Waals surface area contributed by atoms with Crippen LogP contribution in [0.2, 0.25) is 0 Å². The molecule has 0 saturated carbocycles. The number of carbonyl (C=O) groups excluding carboxylic acids is 1. The molecule has 0 amide bonds. The number of anilines is 2. The zero-order chi connectivity index (χ0) is 29.2. The lowest BCUT2D eigenvalue weighted by Crippen LogP contribution is -2.37. The molecular formula is C24H33FN7O7P. The minimum Gasteiger partial charge on any atom is -0.462 e. The highest BCUT2D eigenvalue weighted by Gasteiger charge is 2.47. The molecule has 2 aromatic heterocycles. The Morgan fingerprint density at radius 2 is 1.98 bits per heavy atom. The van der Waals surface area contributed by atoms with Crippen LogP contribution >= 0.6 is 7.75 Å². The summed E-state index contributed by atoms with van der Waals surface area (Å²) < 4.78 is 52.5. The number of nitrogens with zero attached hydrogens (tertiary/aromatic N) is 5. The zero-order valence-electron chi connectivity index (χ0n) is 22.7. The average Bonchev–Trinajstić information content (AvgIpc) is 3.42. The van der Waals surface area contributed by atoms with Gasteiger partial charge in [-0.15, -0.1) is 0 Å². The van der Waals surface area contributed by atoms with Gasteiger partial charge in [-0.3, -0.25) is 13.9 Å². The minimum atomic E-state index is -4.26. The Balaban J connectivity index is 1.53. The quantitative estimate of drug-likeness (QED) is 0.222. The molecule has 3 heterocycles. The highest BCUT2D eigenvalue weighted by atomic mass is 31.2. The number of hydrogen-bond donors (Lipinski definition) is 3. The first-order chi connectivity index (χ1) is 18.9. The van der Waals surface area contributed by atoms with Gasteiger partial charge < -0.3 is 29.7 Å². The number of benzene rings is 1. The number of alkyl halides is 1. The number of rotatable bonds is 11. The summed E-state index contributed by atoms with van der Waals surface area (Å²) >= 11 is 0. The third-order valence-corrected chi connectivity index (χ3v) is 7.49. The fraction of sp³-hybridized carbons (Fsp3) is 0.500. The van der Waals surface area contributed by atoms with Crippen molar-refractivity contribution in [1.29, 1.82) is 0 Å². The molecule has 6 atom stereocenters. The van der Waals surface area contributed by atoms with E-state index in [1.807, 2.05) is 0 Å². The van der Waals surface area contributed by atoms with Crippen molar-refractivity contribution in [3.63, 3.8) is 0 Å². The van der Waals surface area contributed by atoms with Gasteiger partial charge in [-0.1, -0.05) is 18.2 Å². The molecule has 16 heteroatoms. The summed E-state index contributed by atoms with van der Waals surface area (Å²) in [5, 5.41) is 13.2. The maximum Gasteiger partial charge on any atom is 0.459 e. The first kappa shape index (κ1) is 29.6. The Kier molecular flexibility index (Phi) is 8.90. The van der Waals surface area contributed by atoms with E-state index < -0.39 is 57.1 Å². The number of nitrogen functional groups attached to an aromatic ring is 1. The number of imidazole rings is 1. The van der Waals surface area contributed by atoms with Crippen molar-refractivity contribution in [1.82, 2.24) is 24.6 Å². The highest BCUT2D eigenvalue weighted by Crippen LogP contribution is 2.46. The number of fused-ring (bicyclic) bond motifs is 1. The van der Waals surface area contributed by atoms with Gasteiger partial charge in [0.1, 0.15) is 24.0 Å². The number of aliphatic hydroxyl groups excluding tert-OH is 1. The molecule has 1 aliphatic rings. The monoisotopic (exact) mass is 581 g/mol. The molecule has 218 valence electrons. The lowest BCUT2D eigenvalue weighted by Gasteiger charge is -2.25. The molecular weight excluding hydrogens is 548 g/mol. The number of nitrogens with two attached hydrogens (primary N) is 1. The Bertz CT molecular complexity index is 1380. The standard InChI is InChI=1S/C24H33FN7O7P/c1-13(2)37-23(34)14(3)30-40(35,39-15-9-7-6-8-10-15)36-11-16-19(33)17(25)22(38-16)32-12-27-18-20(31(4)5)28-24(26)29-21(18)32/h6-10,12-14,16-17,19,22,33H,11H2,1-5H3,(H,30,35)(H2,26,28,29)/t14-,16-,17+,19-,22-,40-/m1/s1. The Morgan fingerprint density at radius 3 is 2.62 bits per heavy atom. The zero-order valence-corrected chi connectivity index (χ0v) is 23.6. The normalized spacial score (nSPS) is 23.2.